The molecule has 148 valence electrons. The van der Waals surface area contributed by atoms with Crippen molar-refractivity contribution in [2.45, 2.75) is 19.9 Å². The Labute approximate surface area is 170 Å². The number of halogens is 3. The lowest BCUT2D eigenvalue weighted by Gasteiger charge is -2.19. The predicted octanol–water partition coefficient (Wildman–Crippen LogP) is 2.70. The van der Waals surface area contributed by atoms with Crippen LogP contribution in [0.5, 0.6) is 5.75 Å². The van der Waals surface area contributed by atoms with Gasteiger partial charge in [0.15, 0.2) is 19.9 Å². The lowest BCUT2D eigenvalue weighted by atomic mass is 9.95. The molecule has 0 amide bonds. The fourth-order valence-electron chi connectivity index (χ4n) is 2.87. The van der Waals surface area contributed by atoms with Gasteiger partial charge in [-0.15, -0.1) is 0 Å². The summed E-state index contributed by atoms with van der Waals surface area (Å²) in [4.78, 5) is 31.6. The Morgan fingerprint density at radius 1 is 1.21 bits per heavy atom. The zero-order chi connectivity index (χ0) is 21.3. The molecule has 29 heavy (non-hydrogen) atoms. The van der Waals surface area contributed by atoms with Crippen LogP contribution in [-0.4, -0.2) is 28.7 Å². The van der Waals surface area contributed by atoms with Crippen LogP contribution in [0.2, 0.25) is 5.02 Å². The van der Waals surface area contributed by atoms with Gasteiger partial charge in [0.1, 0.15) is 34.0 Å². The highest BCUT2D eigenvalue weighted by molar-refractivity contribution is 6.31. The Kier molecular flexibility index (Phi) is 5.79. The number of aryl methyl sites for hydroxylation is 2. The van der Waals surface area contributed by atoms with Gasteiger partial charge in [-0.3, -0.25) is 24.1 Å². The summed E-state index contributed by atoms with van der Waals surface area (Å²) >= 11 is 6.23. The van der Waals surface area contributed by atoms with Gasteiger partial charge >= 0.3 is 0 Å². The molecule has 3 rings (SSSR count). The van der Waals surface area contributed by atoms with E-state index in [1.165, 1.54) is 30.7 Å². The van der Waals surface area contributed by atoms with E-state index in [2.05, 4.69) is 9.97 Å². The van der Waals surface area contributed by atoms with Crippen molar-refractivity contribution in [2.24, 2.45) is 0 Å². The molecule has 6 nitrogen and oxygen atoms in total. The van der Waals surface area contributed by atoms with E-state index < -0.39 is 23.2 Å². The molecule has 0 saturated heterocycles. The number of carbonyl (C=O) groups excluding carboxylic acids is 1. The summed E-state index contributed by atoms with van der Waals surface area (Å²) in [7, 11) is 1.50. The van der Waals surface area contributed by atoms with Crippen molar-refractivity contribution in [2.75, 3.05) is 0 Å². The molecule has 0 spiro atoms. The van der Waals surface area contributed by atoms with Crippen LogP contribution >= 0.6 is 11.6 Å². The molecular weight excluding hydrogens is 402 g/mol. The third-order valence-corrected chi connectivity index (χ3v) is 4.63. The Morgan fingerprint density at radius 2 is 1.93 bits per heavy atom. The Hall–Kier alpha value is -3.07. The maximum Gasteiger partial charge on any atom is 0.277 e. The van der Waals surface area contributed by atoms with Gasteiger partial charge in [-0.05, 0) is 25.5 Å². The molecule has 0 bridgehead atoms. The number of pyridine rings is 3. The molecule has 0 radical (unpaired) electrons. The van der Waals surface area contributed by atoms with Crippen LogP contribution in [0.25, 0.3) is 5.69 Å². The first-order valence-corrected chi connectivity index (χ1v) is 8.92. The van der Waals surface area contributed by atoms with E-state index in [1.807, 2.05) is 0 Å². The average molecular weight is 418 g/mol. The molecule has 0 aliphatic carbocycles. The fourth-order valence-corrected chi connectivity index (χ4v) is 3.05. The number of hydrogen-bond acceptors (Lipinski definition) is 5. The van der Waals surface area contributed by atoms with Crippen LogP contribution < -0.4 is 10.3 Å². The summed E-state index contributed by atoms with van der Waals surface area (Å²) in [5.41, 5.74) is 1.06. The first-order valence-electron chi connectivity index (χ1n) is 8.55. The lowest BCUT2D eigenvalue weighted by molar-refractivity contribution is 0.111. The first kappa shape index (κ1) is 20.7. The summed E-state index contributed by atoms with van der Waals surface area (Å²) in [6, 6.07) is 2.77. The van der Waals surface area contributed by atoms with Gasteiger partial charge < -0.3 is 4.74 Å². The maximum absolute atomic E-state index is 13.9. The number of rotatable bonds is 5. The zero-order valence-corrected chi connectivity index (χ0v) is 16.5. The SMILES string of the molecule is BC(Oc1cc(C)n(-c2cc(C=O)ncc2C)c(=O)c1Cl)c1ncc(F)cc1F. The van der Waals surface area contributed by atoms with Gasteiger partial charge in [-0.25, -0.2) is 8.78 Å². The molecule has 0 saturated carbocycles. The highest BCUT2D eigenvalue weighted by Gasteiger charge is 2.20. The van der Waals surface area contributed by atoms with E-state index in [-0.39, 0.29) is 22.2 Å². The van der Waals surface area contributed by atoms with E-state index in [0.29, 0.717) is 29.3 Å². The van der Waals surface area contributed by atoms with Crippen molar-refractivity contribution >= 4 is 25.7 Å². The van der Waals surface area contributed by atoms with Gasteiger partial charge in [-0.2, -0.15) is 0 Å². The molecular formula is C19H15BClF2N3O3. The fraction of sp³-hybridized carbons (Fsp3) is 0.158. The van der Waals surface area contributed by atoms with Gasteiger partial charge in [0, 0.05) is 24.0 Å². The van der Waals surface area contributed by atoms with Crippen LogP contribution in [0.4, 0.5) is 8.78 Å². The largest absolute Gasteiger partial charge is 0.492 e. The van der Waals surface area contributed by atoms with Crippen molar-refractivity contribution in [3.05, 3.63) is 80.2 Å². The highest BCUT2D eigenvalue weighted by Crippen LogP contribution is 2.28. The van der Waals surface area contributed by atoms with Crippen LogP contribution in [0, 0.1) is 25.5 Å². The molecule has 3 aromatic rings. The highest BCUT2D eigenvalue weighted by atomic mass is 35.5. The third kappa shape index (κ3) is 4.05. The van der Waals surface area contributed by atoms with E-state index in [0.717, 1.165) is 6.20 Å². The van der Waals surface area contributed by atoms with Gasteiger partial charge in [-0.1, -0.05) is 11.6 Å². The second-order valence-electron chi connectivity index (χ2n) is 6.40. The summed E-state index contributed by atoms with van der Waals surface area (Å²) in [6.07, 6.45) is 2.93. The van der Waals surface area contributed by atoms with Crippen molar-refractivity contribution in [3.8, 4) is 11.4 Å². The minimum Gasteiger partial charge on any atom is -0.492 e. The summed E-state index contributed by atoms with van der Waals surface area (Å²) < 4.78 is 34.0. The van der Waals surface area contributed by atoms with E-state index in [9.17, 15) is 18.4 Å². The monoisotopic (exact) mass is 417 g/mol. The number of ether oxygens (including phenoxy) is 1. The van der Waals surface area contributed by atoms with Crippen molar-refractivity contribution in [1.82, 2.24) is 14.5 Å². The summed E-state index contributed by atoms with van der Waals surface area (Å²) in [5.74, 6) is -1.64. The summed E-state index contributed by atoms with van der Waals surface area (Å²) in [6.45, 7) is 3.40. The molecule has 0 aliphatic heterocycles. The maximum atomic E-state index is 13.9. The molecule has 3 heterocycles. The molecule has 0 fully saturated rings. The Bertz CT molecular complexity index is 1170. The number of hydrogen-bond donors (Lipinski definition) is 0. The lowest BCUT2D eigenvalue weighted by Crippen LogP contribution is -2.23. The standard InChI is InChI=1S/C19H15BClF2N3O3/c1-9-6-24-12(8-27)5-14(9)26-10(2)3-15(16(21)19(26)28)29-18(20)17-13(23)4-11(22)7-25-17/h3-8,18H,20H2,1-2H3. The normalized spacial score (nSPS) is 11.9. The molecule has 1 unspecified atom stereocenters. The van der Waals surface area contributed by atoms with E-state index in [1.54, 1.807) is 13.8 Å². The first-order chi connectivity index (χ1) is 13.7. The minimum atomic E-state index is -0.924. The van der Waals surface area contributed by atoms with Crippen molar-refractivity contribution < 1.29 is 18.3 Å². The zero-order valence-electron chi connectivity index (χ0n) is 15.7. The average Bonchev–Trinajstić information content (AvgIpc) is 2.67. The third-order valence-electron chi connectivity index (χ3n) is 4.28. The second-order valence-corrected chi connectivity index (χ2v) is 6.78. The number of carbonyl (C=O) groups is 1. The second kappa shape index (κ2) is 8.12. The van der Waals surface area contributed by atoms with Crippen LogP contribution in [0.15, 0.2) is 35.4 Å². The van der Waals surface area contributed by atoms with Gasteiger partial charge in [0.25, 0.3) is 5.56 Å². The molecule has 1 atom stereocenters. The topological polar surface area (TPSA) is 74.1 Å². The van der Waals surface area contributed by atoms with Crippen LogP contribution in [0.3, 0.4) is 0 Å². The summed E-state index contributed by atoms with van der Waals surface area (Å²) in [5, 5.41) is -0.228. The van der Waals surface area contributed by atoms with Crippen molar-refractivity contribution in [3.63, 3.8) is 0 Å². The van der Waals surface area contributed by atoms with Gasteiger partial charge in [0.2, 0.25) is 0 Å². The predicted molar refractivity (Wildman–Crippen MR) is 106 cm³/mol. The van der Waals surface area contributed by atoms with Gasteiger partial charge in [0.05, 0.1) is 11.9 Å². The van der Waals surface area contributed by atoms with E-state index >= 15 is 0 Å². The quantitative estimate of drug-likeness (QED) is 0.471. The molecule has 3 aromatic heterocycles. The van der Waals surface area contributed by atoms with Crippen LogP contribution in [-0.2, 0) is 0 Å². The molecule has 0 aliphatic rings. The van der Waals surface area contributed by atoms with Crippen molar-refractivity contribution in [1.29, 1.82) is 0 Å². The van der Waals surface area contributed by atoms with Crippen LogP contribution in [0.1, 0.15) is 33.4 Å². The Morgan fingerprint density at radius 3 is 2.59 bits per heavy atom. The molecule has 0 aromatic carbocycles. The smallest absolute Gasteiger partial charge is 0.277 e. The number of nitrogens with zero attached hydrogens (tertiary/aromatic N) is 3. The minimum absolute atomic E-state index is 0.0331. The molecule has 10 heteroatoms. The molecule has 0 N–H and O–H groups in total. The number of aromatic nitrogens is 3. The number of aldehydes is 1. The Balaban J connectivity index is 2.04. The van der Waals surface area contributed by atoms with E-state index in [4.69, 9.17) is 16.3 Å².